The number of urea groups is 1. The van der Waals surface area contributed by atoms with E-state index in [1.54, 1.807) is 7.11 Å². The van der Waals surface area contributed by atoms with Crippen LogP contribution in [0.1, 0.15) is 39.0 Å². The van der Waals surface area contributed by atoms with E-state index < -0.39 is 12.0 Å². The Bertz CT molecular complexity index is 374. The van der Waals surface area contributed by atoms with Gasteiger partial charge in [0.25, 0.3) is 0 Å². The van der Waals surface area contributed by atoms with E-state index in [2.05, 4.69) is 12.2 Å². The number of rotatable bonds is 3. The molecule has 0 radical (unpaired) electrons. The molecule has 2 fully saturated rings. The van der Waals surface area contributed by atoms with E-state index in [1.165, 1.54) is 11.3 Å². The second kappa shape index (κ2) is 6.43. The highest BCUT2D eigenvalue weighted by Crippen LogP contribution is 2.25. The SMILES string of the molecule is COC1CC(C(=O)O)N(C(=O)NC2CCCC(C)C2)C1. The fourth-order valence-electron chi connectivity index (χ4n) is 3.25. The number of carbonyl (C=O) groups excluding carboxylic acids is 1. The summed E-state index contributed by atoms with van der Waals surface area (Å²) in [6.45, 7) is 2.54. The van der Waals surface area contributed by atoms with Crippen molar-refractivity contribution in [3.8, 4) is 0 Å². The summed E-state index contributed by atoms with van der Waals surface area (Å²) < 4.78 is 5.19. The maximum absolute atomic E-state index is 12.3. The summed E-state index contributed by atoms with van der Waals surface area (Å²) in [5.41, 5.74) is 0. The first-order valence-electron chi connectivity index (χ1n) is 7.34. The number of carboxylic acids is 1. The van der Waals surface area contributed by atoms with Gasteiger partial charge in [-0.25, -0.2) is 9.59 Å². The molecular formula is C14H24N2O4. The summed E-state index contributed by atoms with van der Waals surface area (Å²) in [7, 11) is 1.55. The predicted octanol–water partition coefficient (Wildman–Crippen LogP) is 1.45. The van der Waals surface area contributed by atoms with Crippen molar-refractivity contribution in [1.82, 2.24) is 10.2 Å². The zero-order chi connectivity index (χ0) is 14.7. The number of amides is 2. The van der Waals surface area contributed by atoms with Crippen LogP contribution < -0.4 is 5.32 Å². The van der Waals surface area contributed by atoms with Gasteiger partial charge in [-0.05, 0) is 18.8 Å². The quantitative estimate of drug-likeness (QED) is 0.822. The molecule has 114 valence electrons. The van der Waals surface area contributed by atoms with Crippen LogP contribution >= 0.6 is 0 Å². The molecule has 2 aliphatic rings. The fourth-order valence-corrected chi connectivity index (χ4v) is 3.25. The molecule has 1 saturated carbocycles. The molecule has 2 amide bonds. The third-order valence-electron chi connectivity index (χ3n) is 4.41. The van der Waals surface area contributed by atoms with Crippen molar-refractivity contribution in [1.29, 1.82) is 0 Å². The van der Waals surface area contributed by atoms with Gasteiger partial charge in [-0.1, -0.05) is 19.8 Å². The fraction of sp³-hybridized carbons (Fsp3) is 0.857. The summed E-state index contributed by atoms with van der Waals surface area (Å²) in [4.78, 5) is 24.9. The Morgan fingerprint density at radius 1 is 1.30 bits per heavy atom. The Balaban J connectivity index is 1.94. The van der Waals surface area contributed by atoms with Gasteiger partial charge < -0.3 is 20.1 Å². The molecule has 0 aromatic rings. The molecule has 1 aliphatic heterocycles. The summed E-state index contributed by atoms with van der Waals surface area (Å²) >= 11 is 0. The average Bonchev–Trinajstić information content (AvgIpc) is 2.83. The topological polar surface area (TPSA) is 78.9 Å². The lowest BCUT2D eigenvalue weighted by Gasteiger charge is -2.30. The normalized spacial score (nSPS) is 34.0. The molecule has 6 nitrogen and oxygen atoms in total. The Morgan fingerprint density at radius 3 is 2.65 bits per heavy atom. The third-order valence-corrected chi connectivity index (χ3v) is 4.41. The van der Waals surface area contributed by atoms with Gasteiger partial charge >= 0.3 is 12.0 Å². The van der Waals surface area contributed by atoms with Crippen LogP contribution in [0.4, 0.5) is 4.79 Å². The van der Waals surface area contributed by atoms with Gasteiger partial charge in [-0.3, -0.25) is 0 Å². The number of ether oxygens (including phenoxy) is 1. The van der Waals surface area contributed by atoms with Crippen molar-refractivity contribution >= 4 is 12.0 Å². The van der Waals surface area contributed by atoms with E-state index >= 15 is 0 Å². The highest BCUT2D eigenvalue weighted by molar-refractivity contribution is 5.83. The molecule has 0 spiro atoms. The van der Waals surface area contributed by atoms with E-state index in [-0.39, 0.29) is 18.2 Å². The van der Waals surface area contributed by atoms with E-state index in [1.807, 2.05) is 0 Å². The minimum absolute atomic E-state index is 0.169. The molecule has 1 saturated heterocycles. The van der Waals surface area contributed by atoms with Crippen LogP contribution in [0.5, 0.6) is 0 Å². The van der Waals surface area contributed by atoms with Gasteiger partial charge in [0.1, 0.15) is 6.04 Å². The summed E-state index contributed by atoms with van der Waals surface area (Å²) in [5, 5.41) is 12.2. The highest BCUT2D eigenvalue weighted by Gasteiger charge is 2.40. The summed E-state index contributed by atoms with van der Waals surface area (Å²) in [5.74, 6) is -0.341. The zero-order valence-corrected chi connectivity index (χ0v) is 12.2. The number of carboxylic acid groups (broad SMARTS) is 1. The van der Waals surface area contributed by atoms with Crippen molar-refractivity contribution in [2.24, 2.45) is 5.92 Å². The van der Waals surface area contributed by atoms with Crippen molar-refractivity contribution in [2.75, 3.05) is 13.7 Å². The first-order chi connectivity index (χ1) is 9.51. The number of hydrogen-bond donors (Lipinski definition) is 2. The molecule has 4 unspecified atom stereocenters. The number of nitrogens with zero attached hydrogens (tertiary/aromatic N) is 1. The molecule has 0 bridgehead atoms. The Labute approximate surface area is 119 Å². The second-order valence-corrected chi connectivity index (χ2v) is 6.02. The molecule has 20 heavy (non-hydrogen) atoms. The van der Waals surface area contributed by atoms with Gasteiger partial charge in [0.2, 0.25) is 0 Å². The average molecular weight is 284 g/mol. The first-order valence-corrected chi connectivity index (χ1v) is 7.34. The zero-order valence-electron chi connectivity index (χ0n) is 12.2. The van der Waals surface area contributed by atoms with E-state index in [0.29, 0.717) is 18.9 Å². The Morgan fingerprint density at radius 2 is 2.05 bits per heavy atom. The molecule has 0 aromatic carbocycles. The third kappa shape index (κ3) is 3.42. The van der Waals surface area contributed by atoms with Crippen LogP contribution in [-0.4, -0.2) is 53.8 Å². The molecule has 2 rings (SSSR count). The van der Waals surface area contributed by atoms with Gasteiger partial charge in [-0.15, -0.1) is 0 Å². The minimum atomic E-state index is -0.961. The number of carbonyl (C=O) groups is 2. The number of likely N-dealkylation sites (tertiary alicyclic amines) is 1. The molecular weight excluding hydrogens is 260 g/mol. The molecule has 1 aliphatic carbocycles. The van der Waals surface area contributed by atoms with Gasteiger partial charge in [0.05, 0.1) is 6.10 Å². The van der Waals surface area contributed by atoms with Crippen LogP contribution in [0, 0.1) is 5.92 Å². The Hall–Kier alpha value is -1.30. The van der Waals surface area contributed by atoms with E-state index in [0.717, 1.165) is 19.3 Å². The van der Waals surface area contributed by atoms with Crippen LogP contribution in [0.25, 0.3) is 0 Å². The standard InChI is InChI=1S/C14H24N2O4/c1-9-4-3-5-10(6-9)15-14(19)16-8-11(20-2)7-12(16)13(17)18/h9-12H,3-8H2,1-2H3,(H,15,19)(H,17,18). The van der Waals surface area contributed by atoms with Crippen molar-refractivity contribution in [3.05, 3.63) is 0 Å². The van der Waals surface area contributed by atoms with Gasteiger partial charge in [0, 0.05) is 26.1 Å². The van der Waals surface area contributed by atoms with Gasteiger partial charge in [0.15, 0.2) is 0 Å². The summed E-state index contributed by atoms with van der Waals surface area (Å²) in [6.07, 6.45) is 4.46. The first kappa shape index (κ1) is 15.1. The monoisotopic (exact) mass is 284 g/mol. The van der Waals surface area contributed by atoms with E-state index in [9.17, 15) is 14.7 Å². The largest absolute Gasteiger partial charge is 0.480 e. The van der Waals surface area contributed by atoms with Crippen LogP contribution in [0.2, 0.25) is 0 Å². The second-order valence-electron chi connectivity index (χ2n) is 6.02. The number of aliphatic carboxylic acids is 1. The molecule has 0 aromatic heterocycles. The lowest BCUT2D eigenvalue weighted by molar-refractivity contribution is -0.141. The molecule has 4 atom stereocenters. The maximum atomic E-state index is 12.3. The van der Waals surface area contributed by atoms with Crippen molar-refractivity contribution in [2.45, 2.75) is 57.2 Å². The number of hydrogen-bond acceptors (Lipinski definition) is 3. The molecule has 1 heterocycles. The van der Waals surface area contributed by atoms with Crippen LogP contribution in [0.3, 0.4) is 0 Å². The number of methoxy groups -OCH3 is 1. The summed E-state index contributed by atoms with van der Waals surface area (Å²) in [6, 6.07) is -0.876. The lowest BCUT2D eigenvalue weighted by atomic mass is 9.87. The minimum Gasteiger partial charge on any atom is -0.480 e. The van der Waals surface area contributed by atoms with Crippen molar-refractivity contribution < 1.29 is 19.4 Å². The highest BCUT2D eigenvalue weighted by atomic mass is 16.5. The van der Waals surface area contributed by atoms with Crippen LogP contribution in [-0.2, 0) is 9.53 Å². The van der Waals surface area contributed by atoms with Gasteiger partial charge in [-0.2, -0.15) is 0 Å². The molecule has 6 heteroatoms. The van der Waals surface area contributed by atoms with Crippen molar-refractivity contribution in [3.63, 3.8) is 0 Å². The molecule has 2 N–H and O–H groups in total. The predicted molar refractivity (Wildman–Crippen MR) is 73.5 cm³/mol. The maximum Gasteiger partial charge on any atom is 0.326 e. The van der Waals surface area contributed by atoms with Crippen LogP contribution in [0.15, 0.2) is 0 Å². The lowest BCUT2D eigenvalue weighted by Crippen LogP contribution is -2.50. The smallest absolute Gasteiger partial charge is 0.326 e. The van der Waals surface area contributed by atoms with E-state index in [4.69, 9.17) is 4.74 Å². The number of nitrogens with one attached hydrogen (secondary N) is 1. The Kier molecular flexibility index (Phi) is 4.86.